The van der Waals surface area contributed by atoms with Crippen LogP contribution in [-0.2, 0) is 12.4 Å². The molecule has 6 nitrogen and oxygen atoms in total. The zero-order valence-electron chi connectivity index (χ0n) is 18.3. The molecule has 0 N–H and O–H groups in total. The van der Waals surface area contributed by atoms with E-state index in [0.717, 1.165) is 16.9 Å². The standard InChI is InChI=1S/C25H23FN4O2S/c1-18-6-8-20(9-7-18)16-33-25-29-27-17-30(25)28-14-21-4-3-5-23(31-2)24(21)32-15-19-10-12-22(26)13-11-19/h3-14,17H,15-16H2,1-2H3/b28-14+. The van der Waals surface area contributed by atoms with Crippen LogP contribution in [0.2, 0.25) is 0 Å². The number of methoxy groups -OCH3 is 1. The Bertz CT molecular complexity index is 1220. The zero-order valence-corrected chi connectivity index (χ0v) is 19.1. The molecular formula is C25H23FN4O2S. The summed E-state index contributed by atoms with van der Waals surface area (Å²) >= 11 is 1.56. The molecule has 1 aromatic heterocycles. The summed E-state index contributed by atoms with van der Waals surface area (Å²) in [6.07, 6.45) is 3.25. The van der Waals surface area contributed by atoms with Crippen LogP contribution in [0.25, 0.3) is 0 Å². The molecule has 4 rings (SSSR count). The summed E-state index contributed by atoms with van der Waals surface area (Å²) in [5.74, 6) is 1.61. The van der Waals surface area contributed by atoms with Gasteiger partial charge in [0.05, 0.1) is 13.3 Å². The number of aryl methyl sites for hydroxylation is 1. The lowest BCUT2D eigenvalue weighted by Gasteiger charge is -2.13. The summed E-state index contributed by atoms with van der Waals surface area (Å²) < 4.78 is 26.3. The first-order valence-corrected chi connectivity index (χ1v) is 11.3. The van der Waals surface area contributed by atoms with E-state index in [1.807, 2.05) is 18.2 Å². The number of hydrogen-bond acceptors (Lipinski definition) is 6. The molecular weight excluding hydrogens is 439 g/mol. The fourth-order valence-corrected chi connectivity index (χ4v) is 3.86. The maximum Gasteiger partial charge on any atom is 0.212 e. The van der Waals surface area contributed by atoms with E-state index in [0.29, 0.717) is 16.7 Å². The van der Waals surface area contributed by atoms with Crippen LogP contribution in [0.15, 0.2) is 83.3 Å². The van der Waals surface area contributed by atoms with Crippen LogP contribution >= 0.6 is 11.8 Å². The number of halogens is 1. The highest BCUT2D eigenvalue weighted by atomic mass is 32.2. The van der Waals surface area contributed by atoms with Gasteiger partial charge in [0.15, 0.2) is 11.5 Å². The van der Waals surface area contributed by atoms with Crippen molar-refractivity contribution >= 4 is 18.0 Å². The Morgan fingerprint density at radius 3 is 2.55 bits per heavy atom. The van der Waals surface area contributed by atoms with Crippen molar-refractivity contribution < 1.29 is 13.9 Å². The Balaban J connectivity index is 1.49. The number of thioether (sulfide) groups is 1. The minimum atomic E-state index is -0.283. The fourth-order valence-electron chi connectivity index (χ4n) is 3.04. The molecule has 0 fully saturated rings. The molecule has 1 heterocycles. The summed E-state index contributed by atoms with van der Waals surface area (Å²) in [4.78, 5) is 0. The predicted octanol–water partition coefficient (Wildman–Crippen LogP) is 5.49. The van der Waals surface area contributed by atoms with Gasteiger partial charge in [-0.2, -0.15) is 9.78 Å². The van der Waals surface area contributed by atoms with Crippen LogP contribution < -0.4 is 9.47 Å². The third-order valence-electron chi connectivity index (χ3n) is 4.84. The molecule has 0 radical (unpaired) electrons. The third-order valence-corrected chi connectivity index (χ3v) is 5.84. The number of para-hydroxylation sites is 1. The summed E-state index contributed by atoms with van der Waals surface area (Å²) in [7, 11) is 1.58. The van der Waals surface area contributed by atoms with E-state index < -0.39 is 0 Å². The normalized spacial score (nSPS) is 11.1. The van der Waals surface area contributed by atoms with Crippen LogP contribution in [0, 0.1) is 12.7 Å². The van der Waals surface area contributed by atoms with Crippen molar-refractivity contribution in [2.24, 2.45) is 5.10 Å². The minimum Gasteiger partial charge on any atom is -0.493 e. The van der Waals surface area contributed by atoms with E-state index in [4.69, 9.17) is 9.47 Å². The lowest BCUT2D eigenvalue weighted by atomic mass is 10.2. The van der Waals surface area contributed by atoms with Crippen LogP contribution in [0.3, 0.4) is 0 Å². The van der Waals surface area contributed by atoms with E-state index >= 15 is 0 Å². The first-order chi connectivity index (χ1) is 16.1. The third kappa shape index (κ3) is 5.98. The second-order valence-corrected chi connectivity index (χ2v) is 8.21. The Morgan fingerprint density at radius 1 is 1.03 bits per heavy atom. The molecule has 0 aliphatic rings. The van der Waals surface area contributed by atoms with Gasteiger partial charge in [0.25, 0.3) is 0 Å². The molecule has 0 spiro atoms. The number of nitrogens with zero attached hydrogens (tertiary/aromatic N) is 4. The molecule has 0 unspecified atom stereocenters. The summed E-state index contributed by atoms with van der Waals surface area (Å²) in [5, 5.41) is 13.4. The highest BCUT2D eigenvalue weighted by Crippen LogP contribution is 2.31. The maximum atomic E-state index is 13.2. The second kappa shape index (κ2) is 10.8. The first-order valence-electron chi connectivity index (χ1n) is 10.3. The molecule has 0 amide bonds. The second-order valence-electron chi connectivity index (χ2n) is 7.27. The van der Waals surface area contributed by atoms with Gasteiger partial charge in [-0.05, 0) is 42.3 Å². The number of aromatic nitrogens is 3. The van der Waals surface area contributed by atoms with Crippen molar-refractivity contribution in [3.8, 4) is 11.5 Å². The molecule has 0 bridgehead atoms. The van der Waals surface area contributed by atoms with Gasteiger partial charge in [0.2, 0.25) is 5.16 Å². The lowest BCUT2D eigenvalue weighted by Crippen LogP contribution is -2.02. The van der Waals surface area contributed by atoms with E-state index in [2.05, 4.69) is 46.5 Å². The largest absolute Gasteiger partial charge is 0.493 e. The predicted molar refractivity (Wildman–Crippen MR) is 127 cm³/mol. The van der Waals surface area contributed by atoms with Crippen LogP contribution in [0.1, 0.15) is 22.3 Å². The summed E-state index contributed by atoms with van der Waals surface area (Å²) in [5.41, 5.74) is 4.01. The fraction of sp³-hybridized carbons (Fsp3) is 0.160. The molecule has 4 aromatic rings. The van der Waals surface area contributed by atoms with E-state index in [1.54, 1.807) is 48.2 Å². The molecule has 0 aliphatic heterocycles. The molecule has 0 atom stereocenters. The maximum absolute atomic E-state index is 13.2. The molecule has 0 saturated heterocycles. The lowest BCUT2D eigenvalue weighted by molar-refractivity contribution is 0.284. The van der Waals surface area contributed by atoms with Crippen molar-refractivity contribution in [1.29, 1.82) is 0 Å². The van der Waals surface area contributed by atoms with Crippen molar-refractivity contribution in [2.45, 2.75) is 24.4 Å². The van der Waals surface area contributed by atoms with Crippen molar-refractivity contribution in [3.05, 3.63) is 101 Å². The SMILES string of the molecule is COc1cccc(/C=N/n2cnnc2SCc2ccc(C)cc2)c1OCc1ccc(F)cc1. The van der Waals surface area contributed by atoms with Crippen molar-refractivity contribution in [1.82, 2.24) is 14.9 Å². The number of benzene rings is 3. The Hall–Kier alpha value is -3.65. The molecule has 33 heavy (non-hydrogen) atoms. The van der Waals surface area contributed by atoms with Crippen molar-refractivity contribution in [2.75, 3.05) is 7.11 Å². The average Bonchev–Trinajstić information content (AvgIpc) is 3.29. The van der Waals surface area contributed by atoms with Gasteiger partial charge < -0.3 is 9.47 Å². The molecule has 0 saturated carbocycles. The number of ether oxygens (including phenoxy) is 2. The monoisotopic (exact) mass is 462 g/mol. The topological polar surface area (TPSA) is 61.5 Å². The van der Waals surface area contributed by atoms with Gasteiger partial charge in [0.1, 0.15) is 18.8 Å². The quantitative estimate of drug-likeness (QED) is 0.243. The highest BCUT2D eigenvalue weighted by molar-refractivity contribution is 7.98. The van der Waals surface area contributed by atoms with Crippen LogP contribution in [0.4, 0.5) is 4.39 Å². The smallest absolute Gasteiger partial charge is 0.212 e. The van der Waals surface area contributed by atoms with Crippen molar-refractivity contribution in [3.63, 3.8) is 0 Å². The van der Waals surface area contributed by atoms with Crippen LogP contribution in [0.5, 0.6) is 11.5 Å². The molecule has 0 aliphatic carbocycles. The van der Waals surface area contributed by atoms with Gasteiger partial charge in [-0.3, -0.25) is 0 Å². The Morgan fingerprint density at radius 2 is 1.79 bits per heavy atom. The van der Waals surface area contributed by atoms with E-state index in [1.165, 1.54) is 23.3 Å². The Labute approximate surface area is 196 Å². The molecule has 8 heteroatoms. The summed E-state index contributed by atoms with van der Waals surface area (Å²) in [6, 6.07) is 20.2. The van der Waals surface area contributed by atoms with Gasteiger partial charge in [0, 0.05) is 11.3 Å². The van der Waals surface area contributed by atoms with Gasteiger partial charge in [-0.15, -0.1) is 10.2 Å². The Kier molecular flexibility index (Phi) is 7.36. The highest BCUT2D eigenvalue weighted by Gasteiger charge is 2.11. The van der Waals surface area contributed by atoms with Gasteiger partial charge >= 0.3 is 0 Å². The van der Waals surface area contributed by atoms with E-state index in [9.17, 15) is 4.39 Å². The average molecular weight is 463 g/mol. The minimum absolute atomic E-state index is 0.270. The van der Waals surface area contributed by atoms with E-state index in [-0.39, 0.29) is 12.4 Å². The van der Waals surface area contributed by atoms with Gasteiger partial charge in [-0.1, -0.05) is 59.8 Å². The molecule has 3 aromatic carbocycles. The number of rotatable bonds is 9. The summed E-state index contributed by atoms with van der Waals surface area (Å²) in [6.45, 7) is 2.34. The van der Waals surface area contributed by atoms with Gasteiger partial charge in [-0.25, -0.2) is 4.39 Å². The zero-order chi connectivity index (χ0) is 23.0. The molecule has 168 valence electrons. The first kappa shape index (κ1) is 22.5. The van der Waals surface area contributed by atoms with Crippen LogP contribution in [-0.4, -0.2) is 28.2 Å². The number of hydrogen-bond donors (Lipinski definition) is 0.